The Bertz CT molecular complexity index is 616. The van der Waals surface area contributed by atoms with Crippen LogP contribution in [-0.2, 0) is 17.8 Å². The number of carbonyl (C=O) groups is 1. The highest BCUT2D eigenvalue weighted by molar-refractivity contribution is 5.75. The largest absolute Gasteiger partial charge is 0.399 e. The van der Waals surface area contributed by atoms with E-state index in [0.29, 0.717) is 0 Å². The molecule has 0 fully saturated rings. The van der Waals surface area contributed by atoms with Gasteiger partial charge >= 0.3 is 0 Å². The van der Waals surface area contributed by atoms with Crippen LogP contribution in [-0.4, -0.2) is 34.7 Å². The molecule has 2 aromatic rings. The molecule has 0 aliphatic carbocycles. The molecule has 1 heterocycles. The summed E-state index contributed by atoms with van der Waals surface area (Å²) in [5.74, 6) is 0.0196. The van der Waals surface area contributed by atoms with Gasteiger partial charge in [-0.05, 0) is 29.7 Å². The maximum Gasteiger partial charge on any atom is 0.243 e. The second-order valence-corrected chi connectivity index (χ2v) is 4.98. The summed E-state index contributed by atoms with van der Waals surface area (Å²) in [6.07, 6.45) is 4.55. The van der Waals surface area contributed by atoms with Gasteiger partial charge < -0.3 is 10.6 Å². The summed E-state index contributed by atoms with van der Waals surface area (Å²) in [5.41, 5.74) is 9.91. The number of nitrogen functional groups attached to an aromatic ring is 1. The minimum absolute atomic E-state index is 0.0196. The molecule has 1 aromatic carbocycles. The third-order valence-electron chi connectivity index (χ3n) is 3.29. The summed E-state index contributed by atoms with van der Waals surface area (Å²) in [6.45, 7) is 2.33. The first kappa shape index (κ1) is 14.1. The number of rotatable bonds is 4. The molecule has 2 N–H and O–H groups in total. The van der Waals surface area contributed by atoms with Crippen molar-refractivity contribution in [3.63, 3.8) is 0 Å². The predicted octanol–water partition coefficient (Wildman–Crippen LogP) is 1.78. The zero-order valence-corrected chi connectivity index (χ0v) is 12.1. The van der Waals surface area contributed by atoms with E-state index in [0.717, 1.165) is 28.8 Å². The number of nitrogens with two attached hydrogens (primary N) is 1. The van der Waals surface area contributed by atoms with Crippen molar-refractivity contribution in [3.8, 4) is 11.1 Å². The lowest BCUT2D eigenvalue weighted by Crippen LogP contribution is -2.26. The summed E-state index contributed by atoms with van der Waals surface area (Å²) in [7, 11) is 3.47. The van der Waals surface area contributed by atoms with Crippen LogP contribution in [0.25, 0.3) is 11.1 Å². The van der Waals surface area contributed by atoms with E-state index in [9.17, 15) is 4.79 Å². The Balaban J connectivity index is 2.22. The highest BCUT2D eigenvalue weighted by Crippen LogP contribution is 2.23. The van der Waals surface area contributed by atoms with Crippen molar-refractivity contribution in [1.82, 2.24) is 14.7 Å². The fraction of sp³-hybridized carbons (Fsp3) is 0.333. The first-order chi connectivity index (χ1) is 9.51. The van der Waals surface area contributed by atoms with E-state index in [1.54, 1.807) is 29.9 Å². The quantitative estimate of drug-likeness (QED) is 0.863. The summed E-state index contributed by atoms with van der Waals surface area (Å²) in [5, 5.41) is 4.23. The number of hydrogen-bond acceptors (Lipinski definition) is 3. The Labute approximate surface area is 119 Å². The van der Waals surface area contributed by atoms with Crippen molar-refractivity contribution in [2.45, 2.75) is 19.9 Å². The Hall–Kier alpha value is -2.30. The van der Waals surface area contributed by atoms with Crippen LogP contribution in [0.3, 0.4) is 0 Å². The van der Waals surface area contributed by atoms with Gasteiger partial charge in [0.1, 0.15) is 6.54 Å². The van der Waals surface area contributed by atoms with Gasteiger partial charge in [0.2, 0.25) is 5.91 Å². The summed E-state index contributed by atoms with van der Waals surface area (Å²) in [4.78, 5) is 13.2. The van der Waals surface area contributed by atoms with E-state index in [1.165, 1.54) is 0 Å². The van der Waals surface area contributed by atoms with Crippen LogP contribution >= 0.6 is 0 Å². The molecule has 0 saturated heterocycles. The molecular weight excluding hydrogens is 252 g/mol. The highest BCUT2D eigenvalue weighted by atomic mass is 16.2. The summed E-state index contributed by atoms with van der Waals surface area (Å²) in [6, 6.07) is 5.96. The molecule has 0 spiro atoms. The number of likely N-dealkylation sites (N-methyl/N-ethyl adjacent to an activating group) is 1. The van der Waals surface area contributed by atoms with Gasteiger partial charge in [0.05, 0.1) is 6.20 Å². The fourth-order valence-corrected chi connectivity index (χ4v) is 1.97. The molecule has 0 aliphatic rings. The van der Waals surface area contributed by atoms with Gasteiger partial charge in [0, 0.05) is 31.5 Å². The number of nitrogens with zero attached hydrogens (tertiary/aromatic N) is 3. The average molecular weight is 272 g/mol. The predicted molar refractivity (Wildman–Crippen MR) is 80.1 cm³/mol. The topological polar surface area (TPSA) is 64.2 Å². The van der Waals surface area contributed by atoms with Crippen molar-refractivity contribution in [1.29, 1.82) is 0 Å². The van der Waals surface area contributed by atoms with E-state index >= 15 is 0 Å². The molecule has 0 aliphatic heterocycles. The SMILES string of the molecule is CCc1cc(-c2cnn(CC(=O)N(C)C)c2)ccc1N. The maximum atomic E-state index is 11.7. The standard InChI is InChI=1S/C15H20N4O/c1-4-11-7-12(5-6-14(11)16)13-8-17-19(9-13)10-15(20)18(2)3/h5-9H,4,10,16H2,1-3H3. The van der Waals surface area contributed by atoms with Gasteiger partial charge in [-0.1, -0.05) is 13.0 Å². The first-order valence-electron chi connectivity index (χ1n) is 6.62. The average Bonchev–Trinajstić information content (AvgIpc) is 2.87. The lowest BCUT2D eigenvalue weighted by molar-refractivity contribution is -0.129. The minimum atomic E-state index is 0.0196. The molecule has 0 radical (unpaired) electrons. The van der Waals surface area contributed by atoms with Gasteiger partial charge in [0.25, 0.3) is 0 Å². The van der Waals surface area contributed by atoms with Crippen LogP contribution in [0.15, 0.2) is 30.6 Å². The van der Waals surface area contributed by atoms with E-state index in [-0.39, 0.29) is 12.5 Å². The lowest BCUT2D eigenvalue weighted by atomic mass is 10.0. The van der Waals surface area contributed by atoms with Crippen LogP contribution in [0.1, 0.15) is 12.5 Å². The van der Waals surface area contributed by atoms with Crippen LogP contribution in [0.2, 0.25) is 0 Å². The molecule has 1 amide bonds. The smallest absolute Gasteiger partial charge is 0.243 e. The molecular formula is C15H20N4O. The van der Waals surface area contributed by atoms with Crippen LogP contribution in [0.5, 0.6) is 0 Å². The highest BCUT2D eigenvalue weighted by Gasteiger charge is 2.08. The van der Waals surface area contributed by atoms with Crippen molar-refractivity contribution in [3.05, 3.63) is 36.2 Å². The van der Waals surface area contributed by atoms with E-state index in [2.05, 4.69) is 18.1 Å². The fourth-order valence-electron chi connectivity index (χ4n) is 1.97. The minimum Gasteiger partial charge on any atom is -0.399 e. The zero-order valence-electron chi connectivity index (χ0n) is 12.1. The molecule has 5 heteroatoms. The summed E-state index contributed by atoms with van der Waals surface area (Å²) < 4.78 is 1.65. The third-order valence-corrected chi connectivity index (χ3v) is 3.29. The van der Waals surface area contributed by atoms with Crippen molar-refractivity contribution in [2.75, 3.05) is 19.8 Å². The number of anilines is 1. The first-order valence-corrected chi connectivity index (χ1v) is 6.62. The van der Waals surface area contributed by atoms with Crippen LogP contribution in [0.4, 0.5) is 5.69 Å². The maximum absolute atomic E-state index is 11.7. The number of amides is 1. The molecule has 0 saturated carbocycles. The molecule has 5 nitrogen and oxygen atoms in total. The van der Waals surface area contributed by atoms with Crippen LogP contribution < -0.4 is 5.73 Å². The molecule has 2 rings (SSSR count). The Kier molecular flexibility index (Phi) is 4.08. The van der Waals surface area contributed by atoms with Gasteiger partial charge in [0.15, 0.2) is 0 Å². The second-order valence-electron chi connectivity index (χ2n) is 4.98. The van der Waals surface area contributed by atoms with Gasteiger partial charge in [-0.15, -0.1) is 0 Å². The number of aromatic nitrogens is 2. The number of hydrogen-bond donors (Lipinski definition) is 1. The Morgan fingerprint density at radius 2 is 2.10 bits per heavy atom. The lowest BCUT2D eigenvalue weighted by Gasteiger charge is -2.09. The zero-order chi connectivity index (χ0) is 14.7. The van der Waals surface area contributed by atoms with Crippen LogP contribution in [0, 0.1) is 0 Å². The number of carbonyl (C=O) groups excluding carboxylic acids is 1. The van der Waals surface area contributed by atoms with Gasteiger partial charge in [-0.25, -0.2) is 0 Å². The second kappa shape index (κ2) is 5.77. The molecule has 0 bridgehead atoms. The normalized spacial score (nSPS) is 10.6. The molecule has 106 valence electrons. The Morgan fingerprint density at radius 3 is 2.75 bits per heavy atom. The van der Waals surface area contributed by atoms with Crippen molar-refractivity contribution in [2.24, 2.45) is 0 Å². The number of aryl methyl sites for hydroxylation is 1. The van der Waals surface area contributed by atoms with Gasteiger partial charge in [-0.3, -0.25) is 9.48 Å². The van der Waals surface area contributed by atoms with E-state index < -0.39 is 0 Å². The molecule has 1 aromatic heterocycles. The van der Waals surface area contributed by atoms with E-state index in [4.69, 9.17) is 5.73 Å². The molecule has 20 heavy (non-hydrogen) atoms. The van der Waals surface area contributed by atoms with Crippen molar-refractivity contribution >= 4 is 11.6 Å². The Morgan fingerprint density at radius 1 is 1.35 bits per heavy atom. The monoisotopic (exact) mass is 272 g/mol. The number of benzene rings is 1. The van der Waals surface area contributed by atoms with Crippen molar-refractivity contribution < 1.29 is 4.79 Å². The molecule has 0 unspecified atom stereocenters. The summed E-state index contributed by atoms with van der Waals surface area (Å²) >= 11 is 0. The molecule has 0 atom stereocenters. The third kappa shape index (κ3) is 2.99. The van der Waals surface area contributed by atoms with E-state index in [1.807, 2.05) is 18.3 Å². The van der Waals surface area contributed by atoms with Gasteiger partial charge in [-0.2, -0.15) is 5.10 Å².